The Bertz CT molecular complexity index is 1970. The molecule has 0 unspecified atom stereocenters. The lowest BCUT2D eigenvalue weighted by Crippen LogP contribution is -2.31. The number of halogens is 2. The first kappa shape index (κ1) is 50.3. The molecule has 0 radical (unpaired) electrons. The van der Waals surface area contributed by atoms with Crippen LogP contribution in [0.4, 0.5) is 0 Å². The monoisotopic (exact) mass is 878 g/mol. The molecule has 62 heavy (non-hydrogen) atoms. The van der Waals surface area contributed by atoms with E-state index in [1.807, 2.05) is 72.8 Å². The van der Waals surface area contributed by atoms with Crippen LogP contribution in [0.15, 0.2) is 103 Å². The summed E-state index contributed by atoms with van der Waals surface area (Å²) in [6, 6.07) is 31.7. The number of carbonyl (C=O) groups excluding carboxylic acids is 2. The summed E-state index contributed by atoms with van der Waals surface area (Å²) < 4.78 is 0. The second-order valence-corrected chi connectivity index (χ2v) is 17.0. The lowest BCUT2D eigenvalue weighted by Gasteiger charge is -2.23. The fourth-order valence-electron chi connectivity index (χ4n) is 7.05. The van der Waals surface area contributed by atoms with Crippen LogP contribution in [0.3, 0.4) is 0 Å². The van der Waals surface area contributed by atoms with E-state index >= 15 is 0 Å². The maximum atomic E-state index is 13.3. The van der Waals surface area contributed by atoms with E-state index in [1.165, 1.54) is 70.6 Å². The molecule has 0 aliphatic carbocycles. The van der Waals surface area contributed by atoms with Crippen LogP contribution in [-0.4, -0.2) is 35.2 Å². The number of carbonyl (C=O) groups is 2. The van der Waals surface area contributed by atoms with Crippen LogP contribution in [0.1, 0.15) is 150 Å². The van der Waals surface area contributed by atoms with E-state index in [1.54, 1.807) is 10.1 Å². The lowest BCUT2D eigenvalue weighted by atomic mass is 10.1. The highest BCUT2D eigenvalue weighted by atomic mass is 35.5. The normalized spacial score (nSPS) is 11.3. The summed E-state index contributed by atoms with van der Waals surface area (Å²) in [4.78, 5) is 38.4. The molecule has 0 bridgehead atoms. The number of benzene rings is 4. The van der Waals surface area contributed by atoms with Gasteiger partial charge in [0.05, 0.1) is 25.9 Å². The third kappa shape index (κ3) is 22.1. The minimum Gasteiger partial charge on any atom is -0.368 e. The van der Waals surface area contributed by atoms with Gasteiger partial charge in [0.1, 0.15) is 0 Å². The molecule has 0 N–H and O–H groups in total. The molecule has 0 saturated heterocycles. The first-order valence-electron chi connectivity index (χ1n) is 23.0. The second kappa shape index (κ2) is 30.6. The fraction of sp³-hybridized carbons (Fsp3) is 0.444. The Kier molecular flexibility index (Phi) is 24.8. The van der Waals surface area contributed by atoms with Crippen LogP contribution in [0.5, 0.6) is 0 Å². The Labute approximate surface area is 382 Å². The zero-order chi connectivity index (χ0) is 44.0. The molecular weight excluding hydrogens is 812 g/mol. The van der Waals surface area contributed by atoms with Gasteiger partial charge >= 0.3 is 11.9 Å². The van der Waals surface area contributed by atoms with Crippen molar-refractivity contribution in [2.45, 2.75) is 143 Å². The number of hydrogen-bond acceptors (Lipinski definition) is 6. The topological polar surface area (TPSA) is 59.1 Å². The average molecular weight is 880 g/mol. The Morgan fingerprint density at radius 2 is 1.06 bits per heavy atom. The van der Waals surface area contributed by atoms with Crippen LogP contribution in [0, 0.1) is 11.8 Å². The van der Waals surface area contributed by atoms with Gasteiger partial charge in [0.2, 0.25) is 0 Å². The smallest absolute Gasteiger partial charge is 0.325 e. The second-order valence-electron chi connectivity index (χ2n) is 16.1. The Morgan fingerprint density at radius 3 is 1.58 bits per heavy atom. The van der Waals surface area contributed by atoms with Crippen LogP contribution < -0.4 is 0 Å². The zero-order valence-electron chi connectivity index (χ0n) is 37.2. The number of hydrogen-bond donors (Lipinski definition) is 0. The van der Waals surface area contributed by atoms with Crippen molar-refractivity contribution < 1.29 is 19.3 Å². The van der Waals surface area contributed by atoms with Crippen molar-refractivity contribution in [2.24, 2.45) is 0 Å². The van der Waals surface area contributed by atoms with Crippen LogP contribution in [-0.2, 0) is 45.2 Å². The largest absolute Gasteiger partial charge is 0.368 e. The maximum Gasteiger partial charge on any atom is 0.325 e. The predicted molar refractivity (Wildman–Crippen MR) is 257 cm³/mol. The number of rotatable bonds is 29. The summed E-state index contributed by atoms with van der Waals surface area (Å²) in [7, 11) is 0. The Hall–Kier alpha value is -4.38. The Balaban J connectivity index is 1.31. The summed E-state index contributed by atoms with van der Waals surface area (Å²) in [6.45, 7) is 6.17. The minimum atomic E-state index is -0.504. The van der Waals surface area contributed by atoms with Crippen molar-refractivity contribution in [1.82, 2.24) is 10.1 Å². The molecule has 0 aliphatic heterocycles. The number of allylic oxidation sites excluding steroid dienone is 1. The number of hydroxylamine groups is 4. The van der Waals surface area contributed by atoms with Gasteiger partial charge in [-0.3, -0.25) is 9.59 Å². The van der Waals surface area contributed by atoms with E-state index in [0.717, 1.165) is 52.6 Å². The minimum absolute atomic E-state index is 0.122. The average Bonchev–Trinajstić information content (AvgIpc) is 3.27. The highest BCUT2D eigenvalue weighted by Gasteiger charge is 2.18. The van der Waals surface area contributed by atoms with Gasteiger partial charge in [0, 0.05) is 35.1 Å². The summed E-state index contributed by atoms with van der Waals surface area (Å²) in [6.07, 6.45) is 22.7. The van der Waals surface area contributed by atoms with Crippen molar-refractivity contribution in [3.63, 3.8) is 0 Å². The molecule has 0 spiro atoms. The number of nitrogens with zero attached hydrogens (tertiary/aromatic N) is 2. The van der Waals surface area contributed by atoms with Gasteiger partial charge in [0.15, 0.2) is 0 Å². The first-order chi connectivity index (χ1) is 30.3. The molecule has 4 aromatic rings. The third-order valence-corrected chi connectivity index (χ3v) is 11.1. The zero-order valence-corrected chi connectivity index (χ0v) is 38.7. The molecule has 0 heterocycles. The molecule has 0 saturated carbocycles. The molecule has 8 heteroatoms. The summed E-state index contributed by atoms with van der Waals surface area (Å²) in [5, 5.41) is 4.63. The summed E-state index contributed by atoms with van der Waals surface area (Å²) >= 11 is 12.5. The van der Waals surface area contributed by atoms with E-state index in [-0.39, 0.29) is 12.8 Å². The van der Waals surface area contributed by atoms with Crippen molar-refractivity contribution >= 4 is 41.2 Å². The van der Waals surface area contributed by atoms with E-state index in [2.05, 4.69) is 62.1 Å². The van der Waals surface area contributed by atoms with Gasteiger partial charge < -0.3 is 9.68 Å². The molecule has 4 rings (SSSR count). The lowest BCUT2D eigenvalue weighted by molar-refractivity contribution is -0.200. The summed E-state index contributed by atoms with van der Waals surface area (Å²) in [5.41, 5.74) is 6.17. The van der Waals surface area contributed by atoms with Gasteiger partial charge in [-0.15, -0.1) is 10.1 Å². The van der Waals surface area contributed by atoms with Crippen LogP contribution in [0.2, 0.25) is 10.0 Å². The van der Waals surface area contributed by atoms with Crippen LogP contribution >= 0.6 is 23.2 Å². The highest BCUT2D eigenvalue weighted by Crippen LogP contribution is 2.17. The first-order valence-corrected chi connectivity index (χ1v) is 23.8. The van der Waals surface area contributed by atoms with Crippen molar-refractivity contribution in [3.05, 3.63) is 147 Å². The molecule has 0 atom stereocenters. The molecule has 0 amide bonds. The van der Waals surface area contributed by atoms with Crippen LogP contribution in [0.25, 0.3) is 6.08 Å². The molecule has 4 aromatic carbocycles. The molecule has 0 aromatic heterocycles. The Morgan fingerprint density at radius 1 is 0.581 bits per heavy atom. The van der Waals surface area contributed by atoms with Crippen molar-refractivity contribution in [1.29, 1.82) is 0 Å². The fourth-order valence-corrected chi connectivity index (χ4v) is 7.47. The van der Waals surface area contributed by atoms with Crippen molar-refractivity contribution in [2.75, 3.05) is 13.1 Å². The molecule has 0 aliphatic rings. The highest BCUT2D eigenvalue weighted by molar-refractivity contribution is 6.30. The van der Waals surface area contributed by atoms with Gasteiger partial charge in [-0.05, 0) is 96.3 Å². The maximum absolute atomic E-state index is 13.3. The SMILES string of the molecule is CCCCCCCCC#Cc1ccc(CN(CCc2cccc(Cl)c2)OC(=O)CCC(=O)ON(CCc2cccc(Cl)c2)Cc2ccc(C=CCCCCCCCC)cc2)cc1. The van der Waals surface area contributed by atoms with E-state index in [4.69, 9.17) is 32.9 Å². The molecule has 332 valence electrons. The quantitative estimate of drug-likeness (QED) is 0.0308. The third-order valence-electron chi connectivity index (χ3n) is 10.6. The van der Waals surface area contributed by atoms with E-state index in [0.29, 0.717) is 49.1 Å². The summed E-state index contributed by atoms with van der Waals surface area (Å²) in [5.74, 6) is 5.60. The molecular formula is C54H68Cl2N2O4. The van der Waals surface area contributed by atoms with E-state index < -0.39 is 11.9 Å². The van der Waals surface area contributed by atoms with Gasteiger partial charge in [0.25, 0.3) is 0 Å². The standard InChI is InChI=1S/C54H68Cl2N2O4/c1-3-5-7-9-11-13-15-17-21-45-27-31-49(32-28-45)43-57(39-37-47-23-19-25-51(55)41-47)61-53(59)35-36-54(60)62-58(40-38-48-24-20-26-52(56)42-48)44-50-33-29-46(30-34-50)22-18-16-14-12-10-8-6-4-2/h17,19-21,23-34,41-42H,3-16,35-40,43-44H2,1-2H3. The molecule has 6 nitrogen and oxygen atoms in total. The van der Waals surface area contributed by atoms with Gasteiger partial charge in [-0.2, -0.15) is 0 Å². The van der Waals surface area contributed by atoms with Gasteiger partial charge in [-0.25, -0.2) is 0 Å². The predicted octanol–water partition coefficient (Wildman–Crippen LogP) is 14.3. The molecule has 0 fully saturated rings. The van der Waals surface area contributed by atoms with Crippen molar-refractivity contribution in [3.8, 4) is 11.8 Å². The number of unbranched alkanes of at least 4 members (excludes halogenated alkanes) is 12. The van der Waals surface area contributed by atoms with E-state index in [9.17, 15) is 9.59 Å². The van der Waals surface area contributed by atoms with Gasteiger partial charge in [-0.1, -0.05) is 186 Å².